The molecular weight excluding hydrogens is 628 g/mol. The van der Waals surface area contributed by atoms with Crippen molar-refractivity contribution in [3.8, 4) is 22.6 Å². The molecule has 4 aromatic carbocycles. The number of amides is 2. The third-order valence-electron chi connectivity index (χ3n) is 8.97. The van der Waals surface area contributed by atoms with Crippen molar-refractivity contribution >= 4 is 29.4 Å². The van der Waals surface area contributed by atoms with E-state index in [1.54, 1.807) is 26.4 Å². The van der Waals surface area contributed by atoms with E-state index in [9.17, 15) is 14.4 Å². The summed E-state index contributed by atoms with van der Waals surface area (Å²) in [5.41, 5.74) is 6.59. The normalized spacial score (nSPS) is 13.6. The van der Waals surface area contributed by atoms with Crippen molar-refractivity contribution in [3.63, 3.8) is 0 Å². The average molecular weight is 669 g/mol. The third kappa shape index (κ3) is 8.00. The monoisotopic (exact) mass is 668 g/mol. The molecule has 2 amide bonds. The van der Waals surface area contributed by atoms with Crippen molar-refractivity contribution in [3.05, 3.63) is 118 Å². The Morgan fingerprint density at radius 2 is 1.62 bits per heavy atom. The van der Waals surface area contributed by atoms with E-state index in [-0.39, 0.29) is 30.7 Å². The highest BCUT2D eigenvalue weighted by Crippen LogP contribution is 2.40. The van der Waals surface area contributed by atoms with Crippen LogP contribution in [0.5, 0.6) is 11.5 Å². The van der Waals surface area contributed by atoms with Crippen LogP contribution in [0.25, 0.3) is 11.1 Å². The van der Waals surface area contributed by atoms with E-state index < -0.39 is 11.9 Å². The van der Waals surface area contributed by atoms with Gasteiger partial charge < -0.3 is 24.8 Å². The van der Waals surface area contributed by atoms with Crippen LogP contribution in [0.15, 0.2) is 84.9 Å². The van der Waals surface area contributed by atoms with Gasteiger partial charge in [-0.25, -0.2) is 0 Å². The van der Waals surface area contributed by atoms with Crippen LogP contribution in [0, 0.1) is 0 Å². The Labute approximate surface area is 286 Å². The summed E-state index contributed by atoms with van der Waals surface area (Å²) in [6.45, 7) is 3.24. The van der Waals surface area contributed by atoms with Crippen LogP contribution in [-0.2, 0) is 22.6 Å². The second kappa shape index (κ2) is 15.8. The number of methoxy groups -OCH3 is 2. The second-order valence-electron chi connectivity index (χ2n) is 12.0. The number of carboxylic acid groups (broad SMARTS) is 1. The number of halogens is 1. The first kappa shape index (κ1) is 34.5. The zero-order valence-electron chi connectivity index (χ0n) is 27.5. The van der Waals surface area contributed by atoms with Crippen LogP contribution in [0.3, 0.4) is 0 Å². The predicted octanol–water partition coefficient (Wildman–Crippen LogP) is 7.48. The van der Waals surface area contributed by atoms with Gasteiger partial charge in [-0.15, -0.1) is 0 Å². The quantitative estimate of drug-likeness (QED) is 0.153. The topological polar surface area (TPSA) is 105 Å². The Kier molecular flexibility index (Phi) is 11.4. The van der Waals surface area contributed by atoms with E-state index in [4.69, 9.17) is 26.2 Å². The molecule has 0 saturated carbocycles. The molecule has 2 atom stereocenters. The Bertz CT molecular complexity index is 1760. The van der Waals surface area contributed by atoms with Crippen LogP contribution in [0.4, 0.5) is 0 Å². The molecule has 0 aromatic heterocycles. The molecule has 2 N–H and O–H groups in total. The number of ether oxygens (including phenoxy) is 2. The maximum absolute atomic E-state index is 14.6. The molecule has 0 saturated heterocycles. The number of nitrogens with zero attached hydrogens (tertiary/aromatic N) is 1. The summed E-state index contributed by atoms with van der Waals surface area (Å²) in [4.78, 5) is 40.0. The molecule has 0 bridgehead atoms. The zero-order valence-corrected chi connectivity index (χ0v) is 28.3. The van der Waals surface area contributed by atoms with Crippen molar-refractivity contribution in [1.29, 1.82) is 0 Å². The zero-order chi connectivity index (χ0) is 34.2. The molecule has 5 rings (SSSR count). The van der Waals surface area contributed by atoms with E-state index in [2.05, 4.69) is 30.4 Å². The van der Waals surface area contributed by atoms with Crippen LogP contribution in [0.1, 0.15) is 70.6 Å². The fourth-order valence-electron chi connectivity index (χ4n) is 6.47. The van der Waals surface area contributed by atoms with E-state index in [1.807, 2.05) is 59.5 Å². The molecule has 48 heavy (non-hydrogen) atoms. The van der Waals surface area contributed by atoms with Gasteiger partial charge in [0, 0.05) is 35.8 Å². The highest BCUT2D eigenvalue weighted by molar-refractivity contribution is 6.30. The van der Waals surface area contributed by atoms with Gasteiger partial charge in [0.1, 0.15) is 11.5 Å². The van der Waals surface area contributed by atoms with Crippen molar-refractivity contribution in [1.82, 2.24) is 10.2 Å². The minimum absolute atomic E-state index is 0.0513. The van der Waals surface area contributed by atoms with Gasteiger partial charge in [-0.2, -0.15) is 0 Å². The Balaban J connectivity index is 1.42. The lowest BCUT2D eigenvalue weighted by Gasteiger charge is -2.35. The molecule has 1 aliphatic heterocycles. The van der Waals surface area contributed by atoms with Gasteiger partial charge >= 0.3 is 5.97 Å². The minimum Gasteiger partial charge on any atom is -0.497 e. The van der Waals surface area contributed by atoms with Gasteiger partial charge in [0.25, 0.3) is 5.91 Å². The molecule has 1 aliphatic rings. The van der Waals surface area contributed by atoms with E-state index in [0.29, 0.717) is 23.7 Å². The Morgan fingerprint density at radius 1 is 0.896 bits per heavy atom. The summed E-state index contributed by atoms with van der Waals surface area (Å²) in [7, 11) is 3.31. The standard InChI is InChI=1S/C39H41ClN2O6/c1-4-5-33(25-6-8-27(9-7-25)38(45)41-20-18-36(43)44)37(26-12-14-31(40)15-13-26)39(46)42-21-19-28-22-29(10-11-30(28)24-42)34-23-32(47-2)16-17-35(34)48-3/h6-17,22-23,33,37H,4-5,18-21,24H2,1-3H3,(H,41,45)(H,43,44). The van der Waals surface area contributed by atoms with Gasteiger partial charge in [0.05, 0.1) is 26.6 Å². The largest absolute Gasteiger partial charge is 0.497 e. The summed E-state index contributed by atoms with van der Waals surface area (Å²) in [6.07, 6.45) is 2.20. The van der Waals surface area contributed by atoms with Crippen molar-refractivity contribution < 1.29 is 29.0 Å². The van der Waals surface area contributed by atoms with Gasteiger partial charge in [0.2, 0.25) is 5.91 Å². The summed E-state index contributed by atoms with van der Waals surface area (Å²) in [5, 5.41) is 12.1. The lowest BCUT2D eigenvalue weighted by atomic mass is 9.77. The molecule has 1 heterocycles. The van der Waals surface area contributed by atoms with E-state index >= 15 is 0 Å². The van der Waals surface area contributed by atoms with Gasteiger partial charge in [-0.1, -0.05) is 67.4 Å². The number of carboxylic acids is 1. The first-order valence-corrected chi connectivity index (χ1v) is 16.6. The summed E-state index contributed by atoms with van der Waals surface area (Å²) in [6, 6.07) is 26.9. The van der Waals surface area contributed by atoms with Crippen LogP contribution < -0.4 is 14.8 Å². The first-order valence-electron chi connectivity index (χ1n) is 16.2. The van der Waals surface area contributed by atoms with E-state index in [1.165, 1.54) is 5.56 Å². The molecule has 2 unspecified atom stereocenters. The number of carbonyl (C=O) groups excluding carboxylic acids is 2. The Hall–Kier alpha value is -4.82. The number of aliphatic carboxylic acids is 1. The smallest absolute Gasteiger partial charge is 0.305 e. The molecule has 0 fully saturated rings. The summed E-state index contributed by atoms with van der Waals surface area (Å²) in [5.74, 6) is -0.333. The molecule has 0 aliphatic carbocycles. The van der Waals surface area contributed by atoms with Gasteiger partial charge in [-0.3, -0.25) is 14.4 Å². The number of hydrogen-bond acceptors (Lipinski definition) is 5. The second-order valence-corrected chi connectivity index (χ2v) is 12.4. The molecule has 0 spiro atoms. The first-order chi connectivity index (χ1) is 23.2. The molecule has 0 radical (unpaired) electrons. The molecule has 8 nitrogen and oxygen atoms in total. The maximum Gasteiger partial charge on any atom is 0.305 e. The summed E-state index contributed by atoms with van der Waals surface area (Å²) >= 11 is 6.27. The number of nitrogens with one attached hydrogen (secondary N) is 1. The molecule has 9 heteroatoms. The fraction of sp³-hybridized carbons (Fsp3) is 0.308. The third-order valence-corrected chi connectivity index (χ3v) is 9.22. The van der Waals surface area contributed by atoms with Gasteiger partial charge in [0.15, 0.2) is 0 Å². The number of benzene rings is 4. The fourth-order valence-corrected chi connectivity index (χ4v) is 6.59. The average Bonchev–Trinajstić information content (AvgIpc) is 3.11. The predicted molar refractivity (Wildman–Crippen MR) is 187 cm³/mol. The lowest BCUT2D eigenvalue weighted by Crippen LogP contribution is -2.40. The molecular formula is C39H41ClN2O6. The van der Waals surface area contributed by atoms with Crippen LogP contribution in [-0.4, -0.2) is 55.1 Å². The van der Waals surface area contributed by atoms with Gasteiger partial charge in [-0.05, 0) is 89.0 Å². The lowest BCUT2D eigenvalue weighted by molar-refractivity contribution is -0.137. The van der Waals surface area contributed by atoms with E-state index in [0.717, 1.165) is 58.6 Å². The SMILES string of the molecule is CCCC(c1ccc(C(=O)NCCC(=O)O)cc1)C(C(=O)N1CCc2cc(-c3cc(OC)ccc3OC)ccc2C1)c1ccc(Cl)cc1. The molecule has 250 valence electrons. The van der Waals surface area contributed by atoms with Crippen molar-refractivity contribution in [2.24, 2.45) is 0 Å². The minimum atomic E-state index is -0.971. The molecule has 4 aromatic rings. The van der Waals surface area contributed by atoms with Crippen LogP contribution in [0.2, 0.25) is 5.02 Å². The summed E-state index contributed by atoms with van der Waals surface area (Å²) < 4.78 is 11.1. The number of carbonyl (C=O) groups is 3. The Morgan fingerprint density at radius 3 is 2.29 bits per heavy atom. The highest BCUT2D eigenvalue weighted by Gasteiger charge is 2.35. The number of rotatable bonds is 13. The highest BCUT2D eigenvalue weighted by atomic mass is 35.5. The number of hydrogen-bond donors (Lipinski definition) is 2. The maximum atomic E-state index is 14.6. The van der Waals surface area contributed by atoms with Crippen LogP contribution >= 0.6 is 11.6 Å². The number of fused-ring (bicyclic) bond motifs is 1. The van der Waals surface area contributed by atoms with Crippen molar-refractivity contribution in [2.45, 2.75) is 51.0 Å². The van der Waals surface area contributed by atoms with Crippen molar-refractivity contribution in [2.75, 3.05) is 27.3 Å².